The summed E-state index contributed by atoms with van der Waals surface area (Å²) in [4.78, 5) is 32.0. The molecule has 0 bridgehead atoms. The average molecular weight is 430 g/mol. The SMILES string of the molecule is O=C(C1CSCN1C(=O)c1ccccc1)N1CCN(Cc2cccc(Cl)c2)CC1. The molecule has 2 fully saturated rings. The van der Waals surface area contributed by atoms with Crippen LogP contribution in [0.3, 0.4) is 0 Å². The fourth-order valence-electron chi connectivity index (χ4n) is 3.82. The van der Waals surface area contributed by atoms with E-state index in [1.165, 1.54) is 5.56 Å². The maximum Gasteiger partial charge on any atom is 0.255 e. The third kappa shape index (κ3) is 4.77. The summed E-state index contributed by atoms with van der Waals surface area (Å²) in [6.45, 7) is 3.86. The summed E-state index contributed by atoms with van der Waals surface area (Å²) in [5.41, 5.74) is 1.82. The van der Waals surface area contributed by atoms with Crippen LogP contribution in [0.5, 0.6) is 0 Å². The number of thioether (sulfide) groups is 1. The van der Waals surface area contributed by atoms with Crippen LogP contribution < -0.4 is 0 Å². The van der Waals surface area contributed by atoms with Gasteiger partial charge < -0.3 is 9.80 Å². The van der Waals surface area contributed by atoms with Gasteiger partial charge in [0, 0.05) is 49.1 Å². The molecule has 1 unspecified atom stereocenters. The van der Waals surface area contributed by atoms with Crippen LogP contribution in [-0.4, -0.2) is 70.4 Å². The molecule has 2 heterocycles. The topological polar surface area (TPSA) is 43.9 Å². The van der Waals surface area contributed by atoms with E-state index in [4.69, 9.17) is 11.6 Å². The minimum atomic E-state index is -0.368. The Labute approximate surface area is 180 Å². The Kier molecular flexibility index (Phi) is 6.43. The molecule has 5 nitrogen and oxygen atoms in total. The van der Waals surface area contributed by atoms with Gasteiger partial charge in [0.15, 0.2) is 0 Å². The summed E-state index contributed by atoms with van der Waals surface area (Å²) in [6, 6.07) is 16.8. The van der Waals surface area contributed by atoms with Crippen LogP contribution in [0.1, 0.15) is 15.9 Å². The number of hydrogen-bond acceptors (Lipinski definition) is 4. The van der Waals surface area contributed by atoms with E-state index in [0.717, 1.165) is 24.7 Å². The van der Waals surface area contributed by atoms with E-state index in [1.54, 1.807) is 16.7 Å². The molecular formula is C22H24ClN3O2S. The molecule has 2 aliphatic rings. The van der Waals surface area contributed by atoms with Crippen molar-refractivity contribution in [1.29, 1.82) is 0 Å². The molecule has 152 valence electrons. The van der Waals surface area contributed by atoms with Crippen LogP contribution in [0.15, 0.2) is 54.6 Å². The van der Waals surface area contributed by atoms with Crippen LogP contribution in [0, 0.1) is 0 Å². The van der Waals surface area contributed by atoms with Crippen molar-refractivity contribution in [3.8, 4) is 0 Å². The van der Waals surface area contributed by atoms with E-state index in [2.05, 4.69) is 11.0 Å². The van der Waals surface area contributed by atoms with Crippen molar-refractivity contribution in [3.05, 3.63) is 70.7 Å². The minimum Gasteiger partial charge on any atom is -0.338 e. The number of carbonyl (C=O) groups is 2. The highest BCUT2D eigenvalue weighted by Crippen LogP contribution is 2.25. The van der Waals surface area contributed by atoms with Gasteiger partial charge in [-0.25, -0.2) is 0 Å². The van der Waals surface area contributed by atoms with Crippen LogP contribution in [0.2, 0.25) is 5.02 Å². The molecule has 0 radical (unpaired) electrons. The number of piperazine rings is 1. The molecule has 2 aliphatic heterocycles. The molecule has 0 N–H and O–H groups in total. The Morgan fingerprint density at radius 1 is 1.00 bits per heavy atom. The Morgan fingerprint density at radius 2 is 1.76 bits per heavy atom. The van der Waals surface area contributed by atoms with Gasteiger partial charge in [0.2, 0.25) is 5.91 Å². The van der Waals surface area contributed by atoms with Crippen molar-refractivity contribution in [2.75, 3.05) is 37.8 Å². The molecule has 0 aliphatic carbocycles. The quantitative estimate of drug-likeness (QED) is 0.748. The predicted octanol–water partition coefficient (Wildman–Crippen LogP) is 3.20. The lowest BCUT2D eigenvalue weighted by atomic mass is 10.1. The lowest BCUT2D eigenvalue weighted by Gasteiger charge is -2.37. The Bertz CT molecular complexity index is 871. The molecule has 4 rings (SSSR count). The molecule has 0 saturated carbocycles. The van der Waals surface area contributed by atoms with E-state index in [9.17, 15) is 9.59 Å². The van der Waals surface area contributed by atoms with E-state index >= 15 is 0 Å². The highest BCUT2D eigenvalue weighted by atomic mass is 35.5. The van der Waals surface area contributed by atoms with E-state index in [0.29, 0.717) is 30.3 Å². The lowest BCUT2D eigenvalue weighted by molar-refractivity contribution is -0.136. The van der Waals surface area contributed by atoms with Gasteiger partial charge in [-0.15, -0.1) is 11.8 Å². The summed E-state index contributed by atoms with van der Waals surface area (Å²) < 4.78 is 0. The van der Waals surface area contributed by atoms with Crippen molar-refractivity contribution in [3.63, 3.8) is 0 Å². The molecule has 2 saturated heterocycles. The maximum atomic E-state index is 13.1. The summed E-state index contributed by atoms with van der Waals surface area (Å²) in [5, 5.41) is 0.748. The summed E-state index contributed by atoms with van der Waals surface area (Å²) in [5.74, 6) is 1.24. The van der Waals surface area contributed by atoms with Gasteiger partial charge in [0.1, 0.15) is 6.04 Å². The number of nitrogens with zero attached hydrogens (tertiary/aromatic N) is 3. The van der Waals surface area contributed by atoms with E-state index < -0.39 is 0 Å². The zero-order valence-electron chi connectivity index (χ0n) is 16.2. The molecule has 1 atom stereocenters. The lowest BCUT2D eigenvalue weighted by Crippen LogP contribution is -2.54. The van der Waals surface area contributed by atoms with Gasteiger partial charge in [-0.1, -0.05) is 41.9 Å². The minimum absolute atomic E-state index is 0.0615. The summed E-state index contributed by atoms with van der Waals surface area (Å²) in [7, 11) is 0. The monoisotopic (exact) mass is 429 g/mol. The standard InChI is InChI=1S/C22H24ClN3O2S/c23-19-8-4-5-17(13-19)14-24-9-11-25(12-10-24)22(28)20-15-29-16-26(20)21(27)18-6-2-1-3-7-18/h1-8,13,20H,9-12,14-16H2. The molecule has 2 aromatic rings. The molecule has 2 aromatic carbocycles. The number of rotatable bonds is 4. The van der Waals surface area contributed by atoms with Gasteiger partial charge in [-0.05, 0) is 29.8 Å². The van der Waals surface area contributed by atoms with Gasteiger partial charge in [0.25, 0.3) is 5.91 Å². The Balaban J connectivity index is 1.34. The van der Waals surface area contributed by atoms with Crippen molar-refractivity contribution >= 4 is 35.2 Å². The van der Waals surface area contributed by atoms with Gasteiger partial charge >= 0.3 is 0 Å². The first-order valence-electron chi connectivity index (χ1n) is 9.81. The number of benzene rings is 2. The zero-order chi connectivity index (χ0) is 20.2. The highest BCUT2D eigenvalue weighted by molar-refractivity contribution is 7.99. The molecule has 0 spiro atoms. The van der Waals surface area contributed by atoms with E-state index in [1.807, 2.05) is 53.4 Å². The third-order valence-electron chi connectivity index (χ3n) is 5.43. The summed E-state index contributed by atoms with van der Waals surface area (Å²) in [6.07, 6.45) is 0. The van der Waals surface area contributed by atoms with Crippen LogP contribution in [-0.2, 0) is 11.3 Å². The van der Waals surface area contributed by atoms with Crippen molar-refractivity contribution in [1.82, 2.24) is 14.7 Å². The van der Waals surface area contributed by atoms with Crippen molar-refractivity contribution in [2.24, 2.45) is 0 Å². The number of amides is 2. The predicted molar refractivity (Wildman–Crippen MR) is 117 cm³/mol. The number of carbonyl (C=O) groups excluding carboxylic acids is 2. The molecular weight excluding hydrogens is 406 g/mol. The normalized spacial score (nSPS) is 20.1. The second kappa shape index (κ2) is 9.20. The van der Waals surface area contributed by atoms with Crippen LogP contribution in [0.25, 0.3) is 0 Å². The molecule has 29 heavy (non-hydrogen) atoms. The first-order chi connectivity index (χ1) is 14.1. The van der Waals surface area contributed by atoms with E-state index in [-0.39, 0.29) is 17.9 Å². The second-order valence-corrected chi connectivity index (χ2v) is 8.82. The Morgan fingerprint density at radius 3 is 2.48 bits per heavy atom. The maximum absolute atomic E-state index is 13.1. The number of hydrogen-bond donors (Lipinski definition) is 0. The summed E-state index contributed by atoms with van der Waals surface area (Å²) >= 11 is 7.72. The van der Waals surface area contributed by atoms with Crippen molar-refractivity contribution < 1.29 is 9.59 Å². The first-order valence-corrected chi connectivity index (χ1v) is 11.3. The average Bonchev–Trinajstić information content (AvgIpc) is 3.24. The Hall–Kier alpha value is -2.02. The third-order valence-corrected chi connectivity index (χ3v) is 6.68. The zero-order valence-corrected chi connectivity index (χ0v) is 17.7. The fraction of sp³-hybridized carbons (Fsp3) is 0.364. The molecule has 0 aromatic heterocycles. The smallest absolute Gasteiger partial charge is 0.255 e. The molecule has 7 heteroatoms. The van der Waals surface area contributed by atoms with Crippen molar-refractivity contribution in [2.45, 2.75) is 12.6 Å². The van der Waals surface area contributed by atoms with Crippen LogP contribution >= 0.6 is 23.4 Å². The van der Waals surface area contributed by atoms with Crippen LogP contribution in [0.4, 0.5) is 0 Å². The first kappa shape index (κ1) is 20.3. The highest BCUT2D eigenvalue weighted by Gasteiger charge is 2.38. The number of halogens is 1. The fourth-order valence-corrected chi connectivity index (χ4v) is 5.18. The second-order valence-electron chi connectivity index (χ2n) is 7.39. The largest absolute Gasteiger partial charge is 0.338 e. The van der Waals surface area contributed by atoms with Gasteiger partial charge in [0.05, 0.1) is 5.88 Å². The van der Waals surface area contributed by atoms with Gasteiger partial charge in [-0.3, -0.25) is 14.5 Å². The van der Waals surface area contributed by atoms with Gasteiger partial charge in [-0.2, -0.15) is 0 Å². The molecule has 2 amide bonds.